The lowest BCUT2D eigenvalue weighted by molar-refractivity contribution is 0.798. The summed E-state index contributed by atoms with van der Waals surface area (Å²) >= 11 is 4.80. The van der Waals surface area contributed by atoms with Gasteiger partial charge < -0.3 is 0 Å². The molecule has 0 aliphatic carbocycles. The average Bonchev–Trinajstić information content (AvgIpc) is 2.45. The van der Waals surface area contributed by atoms with E-state index >= 15 is 0 Å². The van der Waals surface area contributed by atoms with Gasteiger partial charge in [0.1, 0.15) is 0 Å². The van der Waals surface area contributed by atoms with E-state index in [-0.39, 0.29) is 5.99 Å². The minimum absolute atomic E-state index is 0.180. The molecule has 0 N–H and O–H groups in total. The van der Waals surface area contributed by atoms with Gasteiger partial charge in [0.05, 0.1) is 0 Å². The van der Waals surface area contributed by atoms with Gasteiger partial charge in [0.2, 0.25) is 0 Å². The molecule has 0 aliphatic rings. The molecule has 0 aliphatic heterocycles. The Morgan fingerprint density at radius 3 is 2.33 bits per heavy atom. The lowest BCUT2D eigenvalue weighted by Crippen LogP contribution is -2.39. The van der Waals surface area contributed by atoms with E-state index in [1.807, 2.05) is 6.07 Å². The molecule has 0 fully saturated rings. The van der Waals surface area contributed by atoms with E-state index < -0.39 is 0 Å². The standard InChI is InChI=1S/C16H19BS/c1-2-3-9-14-10-7-8-13-16(14)17(18)15-11-5-4-6-12-15/h4-8,10-13,18H,2-3,9H2,1H3. The van der Waals surface area contributed by atoms with E-state index in [1.54, 1.807) is 0 Å². The summed E-state index contributed by atoms with van der Waals surface area (Å²) in [6, 6.07) is 19.2. The van der Waals surface area contributed by atoms with Crippen molar-refractivity contribution < 1.29 is 0 Å². The van der Waals surface area contributed by atoms with Crippen molar-refractivity contribution in [2.45, 2.75) is 26.2 Å². The molecule has 2 aromatic carbocycles. The second-order valence-electron chi connectivity index (χ2n) is 4.62. The summed E-state index contributed by atoms with van der Waals surface area (Å²) in [5.41, 5.74) is 4.05. The van der Waals surface area contributed by atoms with Crippen LogP contribution in [-0.4, -0.2) is 5.99 Å². The van der Waals surface area contributed by atoms with Crippen LogP contribution in [0.4, 0.5) is 0 Å². The molecule has 0 nitrogen and oxygen atoms in total. The van der Waals surface area contributed by atoms with E-state index in [4.69, 9.17) is 12.5 Å². The zero-order valence-corrected chi connectivity index (χ0v) is 11.7. The number of unbranched alkanes of at least 4 members (excludes halogenated alkanes) is 1. The fourth-order valence-electron chi connectivity index (χ4n) is 2.21. The summed E-state index contributed by atoms with van der Waals surface area (Å²) in [7, 11) is 0. The topological polar surface area (TPSA) is 0 Å². The monoisotopic (exact) mass is 254 g/mol. The number of benzene rings is 2. The Bertz CT molecular complexity index is 481. The Morgan fingerprint density at radius 1 is 0.944 bits per heavy atom. The summed E-state index contributed by atoms with van der Waals surface area (Å²) in [5.74, 6) is 0.180. The van der Waals surface area contributed by atoms with Gasteiger partial charge in [-0.3, -0.25) is 0 Å². The highest BCUT2D eigenvalue weighted by atomic mass is 32.1. The number of hydrogen-bond acceptors (Lipinski definition) is 1. The molecular weight excluding hydrogens is 235 g/mol. The van der Waals surface area contributed by atoms with Crippen LogP contribution >= 0.6 is 12.5 Å². The normalized spacial score (nSPS) is 10.3. The molecule has 92 valence electrons. The highest BCUT2D eigenvalue weighted by molar-refractivity contribution is 8.13. The Hall–Kier alpha value is -1.15. The molecule has 0 saturated heterocycles. The third-order valence-corrected chi connectivity index (χ3v) is 3.84. The third-order valence-electron chi connectivity index (χ3n) is 3.26. The van der Waals surface area contributed by atoms with Gasteiger partial charge in [0.15, 0.2) is 0 Å². The summed E-state index contributed by atoms with van der Waals surface area (Å²) < 4.78 is 0. The minimum Gasteiger partial charge on any atom is -0.215 e. The molecule has 2 rings (SSSR count). The van der Waals surface area contributed by atoms with E-state index in [1.165, 1.54) is 29.3 Å². The molecule has 0 unspecified atom stereocenters. The Balaban J connectivity index is 2.27. The molecule has 0 aromatic heterocycles. The highest BCUT2D eigenvalue weighted by Crippen LogP contribution is 2.06. The van der Waals surface area contributed by atoms with Crippen molar-refractivity contribution in [2.24, 2.45) is 0 Å². The molecule has 0 radical (unpaired) electrons. The van der Waals surface area contributed by atoms with Crippen molar-refractivity contribution in [1.82, 2.24) is 0 Å². The minimum atomic E-state index is 0.180. The average molecular weight is 254 g/mol. The maximum absolute atomic E-state index is 4.80. The van der Waals surface area contributed by atoms with Gasteiger partial charge in [0.25, 0.3) is 5.99 Å². The fraction of sp³-hybridized carbons (Fsp3) is 0.250. The second kappa shape index (κ2) is 6.70. The third kappa shape index (κ3) is 3.20. The van der Waals surface area contributed by atoms with Crippen molar-refractivity contribution in [3.63, 3.8) is 0 Å². The first-order chi connectivity index (χ1) is 8.83. The first-order valence-corrected chi connectivity index (χ1v) is 7.15. The predicted molar refractivity (Wildman–Crippen MR) is 85.5 cm³/mol. The Labute approximate surface area is 116 Å². The molecule has 18 heavy (non-hydrogen) atoms. The van der Waals surface area contributed by atoms with Crippen molar-refractivity contribution in [2.75, 3.05) is 0 Å². The maximum atomic E-state index is 4.80. The Morgan fingerprint density at radius 2 is 1.61 bits per heavy atom. The highest BCUT2D eigenvalue weighted by Gasteiger charge is 2.16. The molecule has 0 bridgehead atoms. The van der Waals surface area contributed by atoms with E-state index in [9.17, 15) is 0 Å². The predicted octanol–water partition coefficient (Wildman–Crippen LogP) is 3.06. The smallest absolute Gasteiger partial charge is 0.215 e. The lowest BCUT2D eigenvalue weighted by atomic mass is 9.60. The Kier molecular flexibility index (Phi) is 4.95. The van der Waals surface area contributed by atoms with Crippen LogP contribution in [0, 0.1) is 0 Å². The number of aryl methyl sites for hydroxylation is 1. The van der Waals surface area contributed by atoms with E-state index in [0.717, 1.165) is 6.42 Å². The quantitative estimate of drug-likeness (QED) is 0.615. The lowest BCUT2D eigenvalue weighted by Gasteiger charge is -2.13. The molecular formula is C16H19BS. The van der Waals surface area contributed by atoms with Crippen LogP contribution in [0.15, 0.2) is 54.6 Å². The van der Waals surface area contributed by atoms with Crippen LogP contribution in [0.3, 0.4) is 0 Å². The maximum Gasteiger partial charge on any atom is 0.271 e. The van der Waals surface area contributed by atoms with Crippen molar-refractivity contribution in [3.8, 4) is 0 Å². The van der Waals surface area contributed by atoms with Crippen molar-refractivity contribution >= 4 is 29.4 Å². The van der Waals surface area contributed by atoms with Crippen LogP contribution in [0.2, 0.25) is 0 Å². The number of hydrogen-bond donors (Lipinski definition) is 1. The first-order valence-electron chi connectivity index (χ1n) is 6.63. The molecule has 0 saturated carbocycles. The van der Waals surface area contributed by atoms with Gasteiger partial charge in [-0.15, -0.1) is 0 Å². The molecule has 0 heterocycles. The molecule has 2 heteroatoms. The van der Waals surface area contributed by atoms with Crippen molar-refractivity contribution in [3.05, 3.63) is 60.2 Å². The van der Waals surface area contributed by atoms with Gasteiger partial charge in [0, 0.05) is 0 Å². The second-order valence-corrected chi connectivity index (χ2v) is 5.13. The first kappa shape index (κ1) is 13.3. The summed E-state index contributed by atoms with van der Waals surface area (Å²) in [4.78, 5) is 0. The van der Waals surface area contributed by atoms with Crippen LogP contribution in [-0.2, 0) is 6.42 Å². The van der Waals surface area contributed by atoms with Gasteiger partial charge in [-0.1, -0.05) is 84.4 Å². The summed E-state index contributed by atoms with van der Waals surface area (Å²) in [6.07, 6.45) is 3.62. The molecule has 0 spiro atoms. The molecule has 2 aromatic rings. The molecule has 0 amide bonds. The number of rotatable bonds is 5. The zero-order chi connectivity index (χ0) is 12.8. The summed E-state index contributed by atoms with van der Waals surface area (Å²) in [5, 5.41) is 0. The van der Waals surface area contributed by atoms with Gasteiger partial charge in [-0.2, -0.15) is 0 Å². The fourth-order valence-corrected chi connectivity index (χ4v) is 2.63. The van der Waals surface area contributed by atoms with Gasteiger partial charge >= 0.3 is 0 Å². The van der Waals surface area contributed by atoms with Gasteiger partial charge in [-0.05, 0) is 12.8 Å². The molecule has 0 atom stereocenters. The van der Waals surface area contributed by atoms with E-state index in [0.29, 0.717) is 0 Å². The SMILES string of the molecule is CCCCc1ccccc1B(S)c1ccccc1. The van der Waals surface area contributed by atoms with Gasteiger partial charge in [-0.25, -0.2) is 12.5 Å². The van der Waals surface area contributed by atoms with E-state index in [2.05, 4.69) is 55.5 Å². The summed E-state index contributed by atoms with van der Waals surface area (Å²) in [6.45, 7) is 2.23. The van der Waals surface area contributed by atoms with Crippen LogP contribution in [0.25, 0.3) is 0 Å². The van der Waals surface area contributed by atoms with Crippen LogP contribution in [0.1, 0.15) is 25.3 Å². The van der Waals surface area contributed by atoms with Crippen LogP contribution < -0.4 is 10.9 Å². The number of thiol groups is 1. The zero-order valence-electron chi connectivity index (χ0n) is 10.8. The van der Waals surface area contributed by atoms with Crippen molar-refractivity contribution in [1.29, 1.82) is 0 Å². The van der Waals surface area contributed by atoms with Crippen LogP contribution in [0.5, 0.6) is 0 Å². The largest absolute Gasteiger partial charge is 0.271 e.